The van der Waals surface area contributed by atoms with E-state index in [1.165, 1.54) is 18.9 Å². The molecule has 1 N–H and O–H groups in total. The summed E-state index contributed by atoms with van der Waals surface area (Å²) in [6.07, 6.45) is 4.98. The van der Waals surface area contributed by atoms with Gasteiger partial charge in [0.1, 0.15) is 0 Å². The summed E-state index contributed by atoms with van der Waals surface area (Å²) in [4.78, 5) is 13.1. The summed E-state index contributed by atoms with van der Waals surface area (Å²) < 4.78 is 0. The maximum atomic E-state index is 11.1. The molecule has 1 aromatic carbocycles. The number of nitro groups is 1. The van der Waals surface area contributed by atoms with Crippen molar-refractivity contribution in [2.45, 2.75) is 38.3 Å². The molecular formula is C16H22ClN3O2. The first-order valence-corrected chi connectivity index (χ1v) is 8.38. The fourth-order valence-electron chi connectivity index (χ4n) is 3.05. The topological polar surface area (TPSA) is 58.4 Å². The number of benzene rings is 1. The van der Waals surface area contributed by atoms with Gasteiger partial charge in [0.25, 0.3) is 5.69 Å². The van der Waals surface area contributed by atoms with Crippen LogP contribution in [0.2, 0.25) is 5.02 Å². The monoisotopic (exact) mass is 323 g/mol. The van der Waals surface area contributed by atoms with Gasteiger partial charge in [-0.25, -0.2) is 0 Å². The van der Waals surface area contributed by atoms with Crippen molar-refractivity contribution >= 4 is 17.3 Å². The third kappa shape index (κ3) is 4.18. The highest BCUT2D eigenvalue weighted by Crippen LogP contribution is 2.28. The first kappa shape index (κ1) is 15.7. The minimum Gasteiger partial charge on any atom is -0.314 e. The van der Waals surface area contributed by atoms with Crippen LogP contribution in [0.5, 0.6) is 0 Å². The van der Waals surface area contributed by atoms with Gasteiger partial charge in [-0.05, 0) is 63.4 Å². The first-order valence-electron chi connectivity index (χ1n) is 8.00. The Hall–Kier alpha value is -1.17. The number of piperidine rings is 1. The van der Waals surface area contributed by atoms with Crippen LogP contribution < -0.4 is 5.32 Å². The molecule has 0 spiro atoms. The Morgan fingerprint density at radius 3 is 2.64 bits per heavy atom. The molecule has 1 saturated carbocycles. The van der Waals surface area contributed by atoms with Crippen molar-refractivity contribution in [3.05, 3.63) is 38.9 Å². The molecule has 1 heterocycles. The second kappa shape index (κ2) is 6.94. The van der Waals surface area contributed by atoms with Gasteiger partial charge in [0.2, 0.25) is 0 Å². The van der Waals surface area contributed by atoms with Crippen molar-refractivity contribution in [3.63, 3.8) is 0 Å². The third-order valence-corrected chi connectivity index (χ3v) is 4.85. The lowest BCUT2D eigenvalue weighted by Crippen LogP contribution is -2.42. The number of hydrogen-bond donors (Lipinski definition) is 1. The zero-order valence-corrected chi connectivity index (χ0v) is 13.4. The van der Waals surface area contributed by atoms with E-state index in [1.54, 1.807) is 12.1 Å². The summed E-state index contributed by atoms with van der Waals surface area (Å²) in [5.41, 5.74) is 0.875. The van der Waals surface area contributed by atoms with Gasteiger partial charge in [0.15, 0.2) is 0 Å². The minimum atomic E-state index is -0.324. The molecule has 0 amide bonds. The van der Waals surface area contributed by atoms with Crippen LogP contribution in [0.4, 0.5) is 5.69 Å². The molecule has 5 nitrogen and oxygen atoms in total. The van der Waals surface area contributed by atoms with Gasteiger partial charge in [-0.15, -0.1) is 0 Å². The lowest BCUT2D eigenvalue weighted by molar-refractivity contribution is -0.385. The number of nitrogens with one attached hydrogen (secondary N) is 1. The average Bonchev–Trinajstić information content (AvgIpc) is 3.30. The summed E-state index contributed by atoms with van der Waals surface area (Å²) in [5.74, 6) is 0.909. The number of hydrogen-bond acceptors (Lipinski definition) is 4. The van der Waals surface area contributed by atoms with E-state index >= 15 is 0 Å². The predicted molar refractivity (Wildman–Crippen MR) is 87.1 cm³/mol. The predicted octanol–water partition coefficient (Wildman–Crippen LogP) is 3.21. The standard InChI is InChI=1S/C16H22ClN3O2/c17-14-3-4-16(20(21)22)13(9-14)11-19-7-5-15(6-8-19)18-10-12-1-2-12/h3-4,9,12,15,18H,1-2,5-8,10-11H2. The van der Waals surface area contributed by atoms with Gasteiger partial charge in [0.05, 0.1) is 4.92 Å². The Kier molecular flexibility index (Phi) is 4.96. The Balaban J connectivity index is 1.53. The van der Waals surface area contributed by atoms with Crippen molar-refractivity contribution in [2.24, 2.45) is 5.92 Å². The molecule has 120 valence electrons. The van der Waals surface area contributed by atoms with Gasteiger partial charge in [-0.1, -0.05) is 11.6 Å². The molecule has 0 aromatic heterocycles. The van der Waals surface area contributed by atoms with Crippen LogP contribution in [0.25, 0.3) is 0 Å². The van der Waals surface area contributed by atoms with E-state index in [2.05, 4.69) is 10.2 Å². The molecule has 0 bridgehead atoms. The summed E-state index contributed by atoms with van der Waals surface area (Å²) in [5, 5.41) is 15.3. The molecular weight excluding hydrogens is 302 g/mol. The summed E-state index contributed by atoms with van der Waals surface area (Å²) in [7, 11) is 0. The molecule has 2 aliphatic rings. The molecule has 0 atom stereocenters. The smallest absolute Gasteiger partial charge is 0.273 e. The van der Waals surface area contributed by atoms with Gasteiger partial charge in [-0.3, -0.25) is 15.0 Å². The maximum Gasteiger partial charge on any atom is 0.273 e. The lowest BCUT2D eigenvalue weighted by Gasteiger charge is -2.32. The van der Waals surface area contributed by atoms with E-state index in [9.17, 15) is 10.1 Å². The number of likely N-dealkylation sites (tertiary alicyclic amines) is 1. The normalized spacial score (nSPS) is 20.2. The summed E-state index contributed by atoms with van der Waals surface area (Å²) in [6, 6.07) is 5.40. The van der Waals surface area contributed by atoms with E-state index in [-0.39, 0.29) is 10.6 Å². The fourth-order valence-corrected chi connectivity index (χ4v) is 3.24. The van der Waals surface area contributed by atoms with Gasteiger partial charge >= 0.3 is 0 Å². The van der Waals surface area contributed by atoms with Crippen LogP contribution >= 0.6 is 11.6 Å². The quantitative estimate of drug-likeness (QED) is 0.645. The van der Waals surface area contributed by atoms with E-state index in [4.69, 9.17) is 11.6 Å². The fraction of sp³-hybridized carbons (Fsp3) is 0.625. The van der Waals surface area contributed by atoms with Gasteiger partial charge in [0, 0.05) is 29.2 Å². The van der Waals surface area contributed by atoms with Crippen LogP contribution in [0, 0.1) is 16.0 Å². The summed E-state index contributed by atoms with van der Waals surface area (Å²) >= 11 is 5.99. The first-order chi connectivity index (χ1) is 10.6. The maximum absolute atomic E-state index is 11.1. The molecule has 1 saturated heterocycles. The SMILES string of the molecule is O=[N+]([O-])c1ccc(Cl)cc1CN1CCC(NCC2CC2)CC1. The lowest BCUT2D eigenvalue weighted by atomic mass is 10.0. The summed E-state index contributed by atoms with van der Waals surface area (Å²) in [6.45, 7) is 3.72. The average molecular weight is 324 g/mol. The highest BCUT2D eigenvalue weighted by Gasteiger charge is 2.25. The van der Waals surface area contributed by atoms with E-state index in [1.807, 2.05) is 0 Å². The highest BCUT2D eigenvalue weighted by molar-refractivity contribution is 6.30. The molecule has 1 aliphatic carbocycles. The Morgan fingerprint density at radius 2 is 2.00 bits per heavy atom. The van der Waals surface area contributed by atoms with Crippen molar-refractivity contribution in [1.82, 2.24) is 10.2 Å². The number of rotatable bonds is 6. The Bertz CT molecular complexity index is 540. The number of nitro benzene ring substituents is 1. The van der Waals surface area contributed by atoms with Gasteiger partial charge < -0.3 is 5.32 Å². The van der Waals surface area contributed by atoms with Crippen molar-refractivity contribution < 1.29 is 4.92 Å². The number of nitrogens with zero attached hydrogens (tertiary/aromatic N) is 2. The van der Waals surface area contributed by atoms with Crippen molar-refractivity contribution in [3.8, 4) is 0 Å². The second-order valence-electron chi connectivity index (χ2n) is 6.43. The van der Waals surface area contributed by atoms with Crippen LogP contribution in [0.3, 0.4) is 0 Å². The van der Waals surface area contributed by atoms with E-state index in [0.717, 1.165) is 38.4 Å². The number of halogens is 1. The van der Waals surface area contributed by atoms with E-state index in [0.29, 0.717) is 23.2 Å². The zero-order valence-electron chi connectivity index (χ0n) is 12.6. The molecule has 6 heteroatoms. The second-order valence-corrected chi connectivity index (χ2v) is 6.87. The van der Waals surface area contributed by atoms with Crippen molar-refractivity contribution in [1.29, 1.82) is 0 Å². The molecule has 0 radical (unpaired) electrons. The van der Waals surface area contributed by atoms with Crippen LogP contribution in [-0.4, -0.2) is 35.5 Å². The van der Waals surface area contributed by atoms with Crippen LogP contribution in [0.1, 0.15) is 31.2 Å². The molecule has 2 fully saturated rings. The van der Waals surface area contributed by atoms with Crippen LogP contribution in [0.15, 0.2) is 18.2 Å². The molecule has 1 aromatic rings. The molecule has 1 aliphatic heterocycles. The third-order valence-electron chi connectivity index (χ3n) is 4.61. The highest BCUT2D eigenvalue weighted by atomic mass is 35.5. The van der Waals surface area contributed by atoms with Crippen molar-refractivity contribution in [2.75, 3.05) is 19.6 Å². The Labute approximate surface area is 135 Å². The largest absolute Gasteiger partial charge is 0.314 e. The molecule has 0 unspecified atom stereocenters. The van der Waals surface area contributed by atoms with E-state index < -0.39 is 0 Å². The van der Waals surface area contributed by atoms with Crippen LogP contribution in [-0.2, 0) is 6.54 Å². The molecule has 3 rings (SSSR count). The molecule has 22 heavy (non-hydrogen) atoms. The van der Waals surface area contributed by atoms with Gasteiger partial charge in [-0.2, -0.15) is 0 Å². The Morgan fingerprint density at radius 1 is 1.27 bits per heavy atom. The zero-order chi connectivity index (χ0) is 15.5. The minimum absolute atomic E-state index is 0.165.